The van der Waals surface area contributed by atoms with Crippen molar-refractivity contribution in [3.05, 3.63) is 24.3 Å². The number of carboxylic acid groups (broad SMARTS) is 1. The van der Waals surface area contributed by atoms with Crippen LogP contribution in [0.4, 0.5) is 5.69 Å². The molecule has 1 aliphatic rings. The Hall–Kier alpha value is -2.11. The van der Waals surface area contributed by atoms with E-state index in [1.165, 1.54) is 0 Å². The van der Waals surface area contributed by atoms with Gasteiger partial charge in [0.1, 0.15) is 5.75 Å². The normalized spacial score (nSPS) is 22.8. The number of benzene rings is 1. The molecule has 0 aromatic heterocycles. The highest BCUT2D eigenvalue weighted by Crippen LogP contribution is 2.28. The first kappa shape index (κ1) is 11.4. The first-order valence-electron chi connectivity index (χ1n) is 5.20. The summed E-state index contributed by atoms with van der Waals surface area (Å²) in [6.45, 7) is 1.78. The highest BCUT2D eigenvalue weighted by Gasteiger charge is 2.35. The molecular weight excluding hydrogens is 222 g/mol. The smallest absolute Gasteiger partial charge is 0.332 e. The summed E-state index contributed by atoms with van der Waals surface area (Å²) in [4.78, 5) is 10.9. The maximum absolute atomic E-state index is 10.9. The summed E-state index contributed by atoms with van der Waals surface area (Å²) in [6, 6.07) is 6.14. The van der Waals surface area contributed by atoms with Gasteiger partial charge in [-0.05, 0) is 19.1 Å². The van der Waals surface area contributed by atoms with Crippen molar-refractivity contribution in [3.63, 3.8) is 0 Å². The predicted octanol–water partition coefficient (Wildman–Crippen LogP) is 1.72. The Morgan fingerprint density at radius 3 is 2.88 bits per heavy atom. The van der Waals surface area contributed by atoms with Gasteiger partial charge in [0.2, 0.25) is 0 Å². The van der Waals surface area contributed by atoms with Crippen LogP contribution in [0, 0.1) is 0 Å². The van der Waals surface area contributed by atoms with Gasteiger partial charge in [-0.2, -0.15) is 5.11 Å². The third-order valence-electron chi connectivity index (χ3n) is 2.69. The molecule has 0 saturated carbocycles. The Morgan fingerprint density at radius 2 is 2.29 bits per heavy atom. The summed E-state index contributed by atoms with van der Waals surface area (Å²) in [5.41, 5.74) is 0.768. The number of rotatable bonds is 3. The van der Waals surface area contributed by atoms with Crippen LogP contribution in [0.25, 0.3) is 0 Å². The van der Waals surface area contributed by atoms with Gasteiger partial charge < -0.3 is 9.84 Å². The quantitative estimate of drug-likeness (QED) is 0.865. The van der Waals surface area contributed by atoms with E-state index in [0.29, 0.717) is 5.75 Å². The highest BCUT2D eigenvalue weighted by atomic mass is 16.5. The van der Waals surface area contributed by atoms with Crippen molar-refractivity contribution in [2.24, 2.45) is 10.3 Å². The van der Waals surface area contributed by atoms with Crippen molar-refractivity contribution in [2.45, 2.75) is 19.0 Å². The molecule has 2 atom stereocenters. The monoisotopic (exact) mass is 235 g/mol. The molecule has 0 spiro atoms. The number of ether oxygens (including phenoxy) is 1. The van der Waals surface area contributed by atoms with E-state index in [1.807, 2.05) is 18.2 Å². The van der Waals surface area contributed by atoms with Crippen LogP contribution >= 0.6 is 0 Å². The minimum absolute atomic E-state index is 0.306. The maximum Gasteiger partial charge on any atom is 0.332 e. The van der Waals surface area contributed by atoms with Gasteiger partial charge in [-0.1, -0.05) is 11.3 Å². The van der Waals surface area contributed by atoms with Crippen LogP contribution in [0.2, 0.25) is 0 Å². The lowest BCUT2D eigenvalue weighted by Crippen LogP contribution is -2.36. The number of aliphatic carboxylic acids is 1. The largest absolute Gasteiger partial charge is 0.497 e. The van der Waals surface area contributed by atoms with Gasteiger partial charge in [0, 0.05) is 6.07 Å². The standard InChI is InChI=1S/C11H13N3O3/c1-7-10(11(15)16)12-13-14(7)8-4-3-5-9(6-8)17-2/h3-7,10H,1-2H3,(H,15,16). The average molecular weight is 235 g/mol. The molecule has 2 unspecified atom stereocenters. The van der Waals surface area contributed by atoms with Crippen LogP contribution < -0.4 is 9.75 Å². The lowest BCUT2D eigenvalue weighted by Gasteiger charge is -2.20. The van der Waals surface area contributed by atoms with Crippen molar-refractivity contribution in [1.82, 2.24) is 0 Å². The summed E-state index contributed by atoms with van der Waals surface area (Å²) in [7, 11) is 1.58. The maximum atomic E-state index is 10.9. The molecule has 17 heavy (non-hydrogen) atoms. The molecule has 90 valence electrons. The van der Waals surface area contributed by atoms with Gasteiger partial charge in [-0.25, -0.2) is 9.80 Å². The van der Waals surface area contributed by atoms with Crippen LogP contribution in [-0.4, -0.2) is 30.3 Å². The first-order chi connectivity index (χ1) is 8.13. The Bertz CT molecular complexity index is 461. The van der Waals surface area contributed by atoms with E-state index in [0.717, 1.165) is 5.69 Å². The average Bonchev–Trinajstić information content (AvgIpc) is 2.71. The van der Waals surface area contributed by atoms with E-state index in [1.54, 1.807) is 25.1 Å². The Balaban J connectivity index is 2.24. The summed E-state index contributed by atoms with van der Waals surface area (Å²) < 4.78 is 5.11. The Morgan fingerprint density at radius 1 is 1.53 bits per heavy atom. The summed E-state index contributed by atoms with van der Waals surface area (Å²) in [5, 5.41) is 18.2. The van der Waals surface area contributed by atoms with Gasteiger partial charge in [0.25, 0.3) is 0 Å². The molecule has 0 saturated heterocycles. The van der Waals surface area contributed by atoms with Crippen molar-refractivity contribution in [2.75, 3.05) is 12.1 Å². The molecule has 1 heterocycles. The summed E-state index contributed by atoms with van der Waals surface area (Å²) >= 11 is 0. The predicted molar refractivity (Wildman–Crippen MR) is 61.2 cm³/mol. The molecule has 0 aliphatic carbocycles. The fourth-order valence-corrected chi connectivity index (χ4v) is 1.72. The molecule has 0 amide bonds. The van der Waals surface area contributed by atoms with Gasteiger partial charge in [-0.3, -0.25) is 0 Å². The van der Waals surface area contributed by atoms with Gasteiger partial charge >= 0.3 is 5.97 Å². The zero-order valence-electron chi connectivity index (χ0n) is 9.57. The third kappa shape index (κ3) is 2.06. The Kier molecular flexibility index (Phi) is 2.95. The van der Waals surface area contributed by atoms with E-state index >= 15 is 0 Å². The lowest BCUT2D eigenvalue weighted by molar-refractivity contribution is -0.138. The fraction of sp³-hybridized carbons (Fsp3) is 0.364. The van der Waals surface area contributed by atoms with E-state index in [2.05, 4.69) is 10.3 Å². The zero-order valence-corrected chi connectivity index (χ0v) is 9.57. The zero-order chi connectivity index (χ0) is 12.4. The van der Waals surface area contributed by atoms with E-state index < -0.39 is 12.0 Å². The number of hydrogen-bond acceptors (Lipinski definition) is 5. The van der Waals surface area contributed by atoms with Crippen molar-refractivity contribution < 1.29 is 14.6 Å². The second kappa shape index (κ2) is 4.40. The van der Waals surface area contributed by atoms with Crippen LogP contribution in [0.3, 0.4) is 0 Å². The second-order valence-corrected chi connectivity index (χ2v) is 3.77. The van der Waals surface area contributed by atoms with Crippen LogP contribution in [0.1, 0.15) is 6.92 Å². The SMILES string of the molecule is COc1cccc(N2N=NC(C(=O)O)C2C)c1. The Labute approximate surface area is 98.5 Å². The molecule has 6 heteroatoms. The molecule has 0 bridgehead atoms. The molecule has 1 N–H and O–H groups in total. The molecule has 0 fully saturated rings. The fourth-order valence-electron chi connectivity index (χ4n) is 1.72. The van der Waals surface area contributed by atoms with Gasteiger partial charge in [-0.15, -0.1) is 0 Å². The minimum atomic E-state index is -0.966. The van der Waals surface area contributed by atoms with Crippen molar-refractivity contribution in [3.8, 4) is 5.75 Å². The highest BCUT2D eigenvalue weighted by molar-refractivity contribution is 5.76. The second-order valence-electron chi connectivity index (χ2n) is 3.77. The van der Waals surface area contributed by atoms with E-state index in [9.17, 15) is 4.79 Å². The number of carboxylic acids is 1. The first-order valence-corrected chi connectivity index (χ1v) is 5.20. The van der Waals surface area contributed by atoms with Crippen LogP contribution in [0.5, 0.6) is 5.75 Å². The molecule has 1 aromatic carbocycles. The number of methoxy groups -OCH3 is 1. The van der Waals surface area contributed by atoms with Gasteiger partial charge in [0.05, 0.1) is 18.8 Å². The third-order valence-corrected chi connectivity index (χ3v) is 2.69. The molecule has 1 aliphatic heterocycles. The number of nitrogens with zero attached hydrogens (tertiary/aromatic N) is 3. The lowest BCUT2D eigenvalue weighted by atomic mass is 10.1. The van der Waals surface area contributed by atoms with Crippen molar-refractivity contribution in [1.29, 1.82) is 0 Å². The molecule has 0 radical (unpaired) electrons. The topological polar surface area (TPSA) is 74.5 Å². The minimum Gasteiger partial charge on any atom is -0.497 e. The van der Waals surface area contributed by atoms with Gasteiger partial charge in [0.15, 0.2) is 6.04 Å². The number of anilines is 1. The number of carbonyl (C=O) groups is 1. The number of hydrogen-bond donors (Lipinski definition) is 1. The molecule has 2 rings (SSSR count). The van der Waals surface area contributed by atoms with Crippen LogP contribution in [-0.2, 0) is 4.79 Å². The molecular formula is C11H13N3O3. The van der Waals surface area contributed by atoms with E-state index in [4.69, 9.17) is 9.84 Å². The van der Waals surface area contributed by atoms with E-state index in [-0.39, 0.29) is 6.04 Å². The summed E-state index contributed by atoms with van der Waals surface area (Å²) in [6.07, 6.45) is 0. The van der Waals surface area contributed by atoms with Crippen molar-refractivity contribution >= 4 is 11.7 Å². The molecule has 1 aromatic rings. The summed E-state index contributed by atoms with van der Waals surface area (Å²) in [5.74, 6) is -0.268. The molecule has 6 nitrogen and oxygen atoms in total. The van der Waals surface area contributed by atoms with Crippen LogP contribution in [0.15, 0.2) is 34.6 Å².